The molecule has 0 spiro atoms. The number of carbonyl (C=O) groups excluding carboxylic acids is 1. The molecule has 2 unspecified atom stereocenters. The number of hydrazine groups is 1. The van der Waals surface area contributed by atoms with Crippen LogP contribution >= 0.6 is 0 Å². The average Bonchev–Trinajstić information content (AvgIpc) is 2.90. The third-order valence-electron chi connectivity index (χ3n) is 4.58. The Morgan fingerprint density at radius 2 is 2.00 bits per heavy atom. The normalized spacial score (nSPS) is 26.1. The van der Waals surface area contributed by atoms with Gasteiger partial charge in [-0.3, -0.25) is 10.6 Å². The van der Waals surface area contributed by atoms with E-state index in [0.717, 1.165) is 25.3 Å². The Balaban J connectivity index is 1.84. The highest BCUT2D eigenvalue weighted by atomic mass is 16.2. The number of para-hydroxylation sites is 1. The topological polar surface area (TPSA) is 58.4 Å². The lowest BCUT2D eigenvalue weighted by Gasteiger charge is -2.32. The number of hydrogen-bond donors (Lipinski definition) is 2. The average molecular weight is 259 g/mol. The number of anilines is 1. The lowest BCUT2D eigenvalue weighted by Crippen LogP contribution is -2.39. The van der Waals surface area contributed by atoms with Gasteiger partial charge < -0.3 is 10.3 Å². The van der Waals surface area contributed by atoms with Crippen molar-refractivity contribution in [2.24, 2.45) is 11.8 Å². The predicted octanol–water partition coefficient (Wildman–Crippen LogP) is 2.38. The van der Waals surface area contributed by atoms with Crippen LogP contribution in [0.15, 0.2) is 24.3 Å². The number of hydrogen-bond acceptors (Lipinski definition) is 3. The molecule has 1 aromatic rings. The molecule has 1 amide bonds. The molecule has 0 bridgehead atoms. The molecule has 102 valence electrons. The van der Waals surface area contributed by atoms with Gasteiger partial charge in [0, 0.05) is 12.6 Å². The van der Waals surface area contributed by atoms with Crippen LogP contribution in [0.2, 0.25) is 0 Å². The highest BCUT2D eigenvalue weighted by Gasteiger charge is 2.38. The molecule has 1 aliphatic heterocycles. The second-order valence-corrected chi connectivity index (χ2v) is 5.59. The SMILES string of the molecule is NNc1ccccc1C(=O)N1CCC2CCCCC21. The maximum atomic E-state index is 12.7. The van der Waals surface area contributed by atoms with E-state index in [1.807, 2.05) is 24.3 Å². The van der Waals surface area contributed by atoms with Crippen molar-refractivity contribution >= 4 is 11.6 Å². The molecule has 19 heavy (non-hydrogen) atoms. The van der Waals surface area contributed by atoms with Gasteiger partial charge in [-0.2, -0.15) is 0 Å². The van der Waals surface area contributed by atoms with E-state index in [0.29, 0.717) is 17.3 Å². The van der Waals surface area contributed by atoms with Crippen LogP contribution in [0.3, 0.4) is 0 Å². The van der Waals surface area contributed by atoms with Crippen molar-refractivity contribution in [3.05, 3.63) is 29.8 Å². The Morgan fingerprint density at radius 3 is 2.84 bits per heavy atom. The number of nitrogens with zero attached hydrogens (tertiary/aromatic N) is 1. The fourth-order valence-corrected chi connectivity index (χ4v) is 3.61. The molecule has 4 heteroatoms. The summed E-state index contributed by atoms with van der Waals surface area (Å²) in [5.74, 6) is 6.34. The number of benzene rings is 1. The van der Waals surface area contributed by atoms with Gasteiger partial charge in [0.1, 0.15) is 0 Å². The molecule has 4 nitrogen and oxygen atoms in total. The maximum absolute atomic E-state index is 12.7. The van der Waals surface area contributed by atoms with Crippen molar-refractivity contribution in [3.63, 3.8) is 0 Å². The minimum absolute atomic E-state index is 0.128. The van der Waals surface area contributed by atoms with Crippen molar-refractivity contribution in [1.82, 2.24) is 4.90 Å². The number of rotatable bonds is 2. The number of fused-ring (bicyclic) bond motifs is 1. The van der Waals surface area contributed by atoms with Crippen molar-refractivity contribution < 1.29 is 4.79 Å². The van der Waals surface area contributed by atoms with Crippen LogP contribution in [0.1, 0.15) is 42.5 Å². The molecule has 1 aromatic carbocycles. The molecule has 0 aromatic heterocycles. The van der Waals surface area contributed by atoms with E-state index in [9.17, 15) is 4.79 Å². The smallest absolute Gasteiger partial charge is 0.256 e. The second kappa shape index (κ2) is 5.21. The summed E-state index contributed by atoms with van der Waals surface area (Å²) in [6, 6.07) is 7.93. The number of nitrogens with two attached hydrogens (primary N) is 1. The van der Waals surface area contributed by atoms with E-state index in [1.165, 1.54) is 19.3 Å². The molecule has 3 rings (SSSR count). The van der Waals surface area contributed by atoms with E-state index >= 15 is 0 Å². The molecule has 1 saturated carbocycles. The molecule has 1 heterocycles. The molecular weight excluding hydrogens is 238 g/mol. The summed E-state index contributed by atoms with van der Waals surface area (Å²) < 4.78 is 0. The first-order valence-corrected chi connectivity index (χ1v) is 7.18. The summed E-state index contributed by atoms with van der Waals surface area (Å²) >= 11 is 0. The van der Waals surface area contributed by atoms with Crippen LogP contribution in [0.25, 0.3) is 0 Å². The Labute approximate surface area is 113 Å². The van der Waals surface area contributed by atoms with Crippen LogP contribution in [0.4, 0.5) is 5.69 Å². The van der Waals surface area contributed by atoms with Gasteiger partial charge in [0.25, 0.3) is 5.91 Å². The Bertz CT molecular complexity index is 474. The van der Waals surface area contributed by atoms with Crippen molar-refractivity contribution in [3.8, 4) is 0 Å². The number of nitrogens with one attached hydrogen (secondary N) is 1. The number of likely N-dealkylation sites (tertiary alicyclic amines) is 1. The lowest BCUT2D eigenvalue weighted by atomic mass is 9.85. The zero-order chi connectivity index (χ0) is 13.2. The standard InChI is InChI=1S/C15H21N3O/c16-17-13-7-3-2-6-12(13)15(19)18-10-9-11-5-1-4-8-14(11)18/h2-3,6-7,11,14,17H,1,4-5,8-10,16H2. The van der Waals surface area contributed by atoms with Crippen LogP contribution in [0, 0.1) is 5.92 Å². The van der Waals surface area contributed by atoms with Crippen molar-refractivity contribution in [2.75, 3.05) is 12.0 Å². The van der Waals surface area contributed by atoms with Crippen molar-refractivity contribution in [2.45, 2.75) is 38.1 Å². The van der Waals surface area contributed by atoms with E-state index in [4.69, 9.17) is 5.84 Å². The molecule has 2 fully saturated rings. The largest absolute Gasteiger partial charge is 0.335 e. The highest BCUT2D eigenvalue weighted by Crippen LogP contribution is 2.37. The van der Waals surface area contributed by atoms with Gasteiger partial charge in [0.2, 0.25) is 0 Å². The summed E-state index contributed by atoms with van der Waals surface area (Å²) in [4.78, 5) is 14.8. The van der Waals surface area contributed by atoms with Crippen LogP contribution in [-0.4, -0.2) is 23.4 Å². The predicted molar refractivity (Wildman–Crippen MR) is 75.7 cm³/mol. The molecular formula is C15H21N3O. The number of carbonyl (C=O) groups is 1. The number of amides is 1. The zero-order valence-corrected chi connectivity index (χ0v) is 11.1. The van der Waals surface area contributed by atoms with Crippen molar-refractivity contribution in [1.29, 1.82) is 0 Å². The van der Waals surface area contributed by atoms with Gasteiger partial charge in [-0.25, -0.2) is 0 Å². The maximum Gasteiger partial charge on any atom is 0.256 e. The molecule has 2 aliphatic rings. The Kier molecular flexibility index (Phi) is 3.42. The number of nitrogen functional groups attached to an aromatic ring is 1. The van der Waals surface area contributed by atoms with Crippen LogP contribution in [-0.2, 0) is 0 Å². The minimum Gasteiger partial charge on any atom is -0.335 e. The van der Waals surface area contributed by atoms with Gasteiger partial charge in [-0.15, -0.1) is 0 Å². The van der Waals surface area contributed by atoms with Crippen LogP contribution < -0.4 is 11.3 Å². The summed E-state index contributed by atoms with van der Waals surface area (Å²) in [6.07, 6.45) is 6.18. The molecule has 2 atom stereocenters. The third kappa shape index (κ3) is 2.21. The molecule has 0 radical (unpaired) electrons. The fraction of sp³-hybridized carbons (Fsp3) is 0.533. The summed E-state index contributed by atoms with van der Waals surface area (Å²) in [6.45, 7) is 0.896. The van der Waals surface area contributed by atoms with Gasteiger partial charge in [0.05, 0.1) is 11.3 Å². The molecule has 1 aliphatic carbocycles. The summed E-state index contributed by atoms with van der Waals surface area (Å²) in [5.41, 5.74) is 4.03. The fourth-order valence-electron chi connectivity index (χ4n) is 3.61. The first kappa shape index (κ1) is 12.5. The lowest BCUT2D eigenvalue weighted by molar-refractivity contribution is 0.0691. The second-order valence-electron chi connectivity index (χ2n) is 5.59. The Hall–Kier alpha value is -1.55. The minimum atomic E-state index is 0.128. The molecule has 1 saturated heterocycles. The summed E-state index contributed by atoms with van der Waals surface area (Å²) in [5, 5.41) is 0. The van der Waals surface area contributed by atoms with Gasteiger partial charge in [0.15, 0.2) is 0 Å². The highest BCUT2D eigenvalue weighted by molar-refractivity contribution is 5.99. The summed E-state index contributed by atoms with van der Waals surface area (Å²) in [7, 11) is 0. The van der Waals surface area contributed by atoms with Crippen LogP contribution in [0.5, 0.6) is 0 Å². The van der Waals surface area contributed by atoms with E-state index < -0.39 is 0 Å². The van der Waals surface area contributed by atoms with E-state index in [1.54, 1.807) is 0 Å². The van der Waals surface area contributed by atoms with E-state index in [-0.39, 0.29) is 5.91 Å². The van der Waals surface area contributed by atoms with Gasteiger partial charge >= 0.3 is 0 Å². The van der Waals surface area contributed by atoms with Gasteiger partial charge in [-0.1, -0.05) is 25.0 Å². The quantitative estimate of drug-likeness (QED) is 0.633. The zero-order valence-electron chi connectivity index (χ0n) is 11.1. The Morgan fingerprint density at radius 1 is 1.21 bits per heavy atom. The third-order valence-corrected chi connectivity index (χ3v) is 4.58. The van der Waals surface area contributed by atoms with Gasteiger partial charge in [-0.05, 0) is 37.3 Å². The first-order chi connectivity index (χ1) is 9.31. The molecule has 3 N–H and O–H groups in total. The first-order valence-electron chi connectivity index (χ1n) is 7.18. The monoisotopic (exact) mass is 259 g/mol. The van der Waals surface area contributed by atoms with E-state index in [2.05, 4.69) is 10.3 Å².